The quantitative estimate of drug-likeness (QED) is 0.427. The number of nitrogens with zero attached hydrogens (tertiary/aromatic N) is 1. The number of benzene rings is 2. The molecule has 10 heteroatoms. The maximum atomic E-state index is 13.0. The summed E-state index contributed by atoms with van der Waals surface area (Å²) >= 11 is 13.4. The molecule has 0 spiro atoms. The molecule has 2 aromatic heterocycles. The Hall–Kier alpha value is -3.07. The molecule has 4 aromatic rings. The molecule has 0 aliphatic carbocycles. The van der Waals surface area contributed by atoms with Crippen LogP contribution >= 0.6 is 34.5 Å². The SMILES string of the molecule is CC(Oc1cccc(-n2c(=O)[nH]c3csc(C(=O)O)c3c2=O)c1)c1c(Cl)cccc1Cl. The summed E-state index contributed by atoms with van der Waals surface area (Å²) in [6, 6.07) is 11.5. The van der Waals surface area contributed by atoms with Crippen molar-refractivity contribution in [3.8, 4) is 11.4 Å². The second-order valence-corrected chi connectivity index (χ2v) is 8.32. The molecule has 0 aliphatic heterocycles. The number of aromatic amines is 1. The Balaban J connectivity index is 1.78. The number of aromatic carboxylic acids is 1. The lowest BCUT2D eigenvalue weighted by Gasteiger charge is -2.18. The average molecular weight is 477 g/mol. The number of H-pyrrole nitrogens is 1. The van der Waals surface area contributed by atoms with Gasteiger partial charge in [-0.05, 0) is 31.2 Å². The van der Waals surface area contributed by atoms with Gasteiger partial charge in [0.05, 0.1) is 16.6 Å². The molecular formula is C21H14Cl2N2O5S. The van der Waals surface area contributed by atoms with E-state index in [4.69, 9.17) is 27.9 Å². The largest absolute Gasteiger partial charge is 0.486 e. The molecule has 1 unspecified atom stereocenters. The van der Waals surface area contributed by atoms with E-state index in [9.17, 15) is 19.5 Å². The molecule has 0 saturated carbocycles. The maximum absolute atomic E-state index is 13.0. The highest BCUT2D eigenvalue weighted by Gasteiger charge is 2.20. The van der Waals surface area contributed by atoms with E-state index in [2.05, 4.69) is 4.98 Å². The second kappa shape index (κ2) is 8.22. The van der Waals surface area contributed by atoms with Crippen LogP contribution < -0.4 is 16.0 Å². The zero-order valence-electron chi connectivity index (χ0n) is 15.9. The number of halogens is 2. The van der Waals surface area contributed by atoms with E-state index < -0.39 is 23.3 Å². The van der Waals surface area contributed by atoms with Crippen LogP contribution in [-0.2, 0) is 0 Å². The highest BCUT2D eigenvalue weighted by Crippen LogP contribution is 2.33. The number of rotatable bonds is 5. The average Bonchev–Trinajstić information content (AvgIpc) is 3.12. The molecule has 158 valence electrons. The van der Waals surface area contributed by atoms with E-state index in [1.165, 1.54) is 11.4 Å². The highest BCUT2D eigenvalue weighted by atomic mass is 35.5. The summed E-state index contributed by atoms with van der Waals surface area (Å²) in [6.07, 6.45) is -0.510. The summed E-state index contributed by atoms with van der Waals surface area (Å²) in [5.41, 5.74) is -0.394. The predicted molar refractivity (Wildman–Crippen MR) is 121 cm³/mol. The van der Waals surface area contributed by atoms with Crippen molar-refractivity contribution >= 4 is 51.4 Å². The lowest BCUT2D eigenvalue weighted by molar-refractivity contribution is 0.0704. The van der Waals surface area contributed by atoms with Crippen LogP contribution in [0.3, 0.4) is 0 Å². The minimum atomic E-state index is -1.24. The molecule has 0 amide bonds. The number of hydrogen-bond donors (Lipinski definition) is 2. The zero-order chi connectivity index (χ0) is 22.3. The molecule has 31 heavy (non-hydrogen) atoms. The van der Waals surface area contributed by atoms with Gasteiger partial charge >= 0.3 is 11.7 Å². The zero-order valence-corrected chi connectivity index (χ0v) is 18.2. The number of nitrogens with one attached hydrogen (secondary N) is 1. The molecule has 7 nitrogen and oxygen atoms in total. The molecule has 0 saturated heterocycles. The number of carboxylic acid groups (broad SMARTS) is 1. The third-order valence-electron chi connectivity index (χ3n) is 4.64. The number of fused-ring (bicyclic) bond motifs is 1. The monoisotopic (exact) mass is 476 g/mol. The number of carbonyl (C=O) groups is 1. The number of hydrogen-bond acceptors (Lipinski definition) is 5. The first-order valence-corrected chi connectivity index (χ1v) is 10.6. The summed E-state index contributed by atoms with van der Waals surface area (Å²) in [7, 11) is 0. The lowest BCUT2D eigenvalue weighted by Crippen LogP contribution is -2.33. The van der Waals surface area contributed by atoms with Crippen molar-refractivity contribution in [2.75, 3.05) is 0 Å². The van der Waals surface area contributed by atoms with Crippen molar-refractivity contribution in [3.63, 3.8) is 0 Å². The summed E-state index contributed by atoms with van der Waals surface area (Å²) in [4.78, 5) is 39.4. The topological polar surface area (TPSA) is 101 Å². The minimum absolute atomic E-state index is 0.0559. The summed E-state index contributed by atoms with van der Waals surface area (Å²) in [5.74, 6) is -0.866. The third-order valence-corrected chi connectivity index (χ3v) is 6.27. The van der Waals surface area contributed by atoms with Crippen molar-refractivity contribution < 1.29 is 14.6 Å². The molecule has 0 aliphatic rings. The number of carboxylic acids is 1. The van der Waals surface area contributed by atoms with Gasteiger partial charge in [-0.1, -0.05) is 35.3 Å². The number of thiophene rings is 1. The Labute approximate surface area is 189 Å². The van der Waals surface area contributed by atoms with Crippen LogP contribution in [0.25, 0.3) is 16.6 Å². The maximum Gasteiger partial charge on any atom is 0.346 e. The molecule has 0 fully saturated rings. The van der Waals surface area contributed by atoms with Crippen LogP contribution in [0.1, 0.15) is 28.3 Å². The fourth-order valence-corrected chi connectivity index (χ4v) is 4.82. The third kappa shape index (κ3) is 3.85. The minimum Gasteiger partial charge on any atom is -0.486 e. The van der Waals surface area contributed by atoms with Gasteiger partial charge in [-0.15, -0.1) is 11.3 Å². The lowest BCUT2D eigenvalue weighted by atomic mass is 10.1. The fraction of sp³-hybridized carbons (Fsp3) is 0.0952. The molecule has 2 heterocycles. The van der Waals surface area contributed by atoms with Gasteiger partial charge in [0.15, 0.2) is 0 Å². The van der Waals surface area contributed by atoms with E-state index in [0.717, 1.165) is 15.9 Å². The number of ether oxygens (including phenoxy) is 1. The molecule has 0 radical (unpaired) electrons. The fourth-order valence-electron chi connectivity index (χ4n) is 3.29. The predicted octanol–water partition coefficient (Wildman–Crippen LogP) is 4.89. The van der Waals surface area contributed by atoms with Gasteiger partial charge in [-0.3, -0.25) is 4.79 Å². The van der Waals surface area contributed by atoms with Crippen molar-refractivity contribution in [1.29, 1.82) is 0 Å². The van der Waals surface area contributed by atoms with Crippen molar-refractivity contribution in [2.24, 2.45) is 0 Å². The van der Waals surface area contributed by atoms with E-state index in [0.29, 0.717) is 21.4 Å². The summed E-state index contributed by atoms with van der Waals surface area (Å²) in [5, 5.41) is 11.6. The highest BCUT2D eigenvalue weighted by molar-refractivity contribution is 7.13. The van der Waals surface area contributed by atoms with E-state index in [1.807, 2.05) is 0 Å². The van der Waals surface area contributed by atoms with E-state index >= 15 is 0 Å². The van der Waals surface area contributed by atoms with E-state index in [1.54, 1.807) is 43.3 Å². The van der Waals surface area contributed by atoms with E-state index in [-0.39, 0.29) is 21.5 Å². The smallest absolute Gasteiger partial charge is 0.346 e. The first-order valence-electron chi connectivity index (χ1n) is 8.98. The number of aromatic nitrogens is 2. The summed E-state index contributed by atoms with van der Waals surface area (Å²) in [6.45, 7) is 1.77. The van der Waals surface area contributed by atoms with Crippen LogP contribution in [0.15, 0.2) is 57.4 Å². The Bertz CT molecular complexity index is 1420. The standard InChI is InChI=1S/C21H14Cl2N2O5S/c1-10(16-13(22)6-3-7-14(16)23)30-12-5-2-4-11(8-12)25-19(26)17-15(24-21(25)29)9-31-18(17)20(27)28/h2-10H,1H3,(H,24,29)(H,27,28). The van der Waals surface area contributed by atoms with Crippen LogP contribution in [0.5, 0.6) is 5.75 Å². The Morgan fingerprint density at radius 3 is 2.52 bits per heavy atom. The van der Waals surface area contributed by atoms with Crippen molar-refractivity contribution in [3.05, 3.63) is 89.2 Å². The Morgan fingerprint density at radius 2 is 1.84 bits per heavy atom. The molecule has 2 aromatic carbocycles. The molecular weight excluding hydrogens is 463 g/mol. The van der Waals surface area contributed by atoms with Gasteiger partial charge in [0.1, 0.15) is 16.7 Å². The van der Waals surface area contributed by atoms with Gasteiger partial charge in [0.2, 0.25) is 0 Å². The van der Waals surface area contributed by atoms with Gasteiger partial charge < -0.3 is 14.8 Å². The van der Waals surface area contributed by atoms with Crippen molar-refractivity contribution in [2.45, 2.75) is 13.0 Å². The first kappa shape index (κ1) is 21.2. The Kier molecular flexibility index (Phi) is 5.62. The van der Waals surface area contributed by atoms with Gasteiger partial charge in [-0.2, -0.15) is 0 Å². The molecule has 1 atom stereocenters. The van der Waals surface area contributed by atoms with Crippen LogP contribution in [-0.4, -0.2) is 20.6 Å². The molecule has 2 N–H and O–H groups in total. The van der Waals surface area contributed by atoms with Crippen LogP contribution in [0, 0.1) is 0 Å². The molecule has 4 rings (SSSR count). The van der Waals surface area contributed by atoms with Gasteiger partial charge in [-0.25, -0.2) is 14.2 Å². The summed E-state index contributed by atoms with van der Waals surface area (Å²) < 4.78 is 6.83. The van der Waals surface area contributed by atoms with Crippen LogP contribution in [0.2, 0.25) is 10.0 Å². The Morgan fingerprint density at radius 1 is 1.16 bits per heavy atom. The van der Waals surface area contributed by atoms with Gasteiger partial charge in [0, 0.05) is 27.1 Å². The normalized spacial score (nSPS) is 12.1. The second-order valence-electron chi connectivity index (χ2n) is 6.62. The molecule has 0 bridgehead atoms. The van der Waals surface area contributed by atoms with Crippen LogP contribution in [0.4, 0.5) is 0 Å². The van der Waals surface area contributed by atoms with Gasteiger partial charge in [0.25, 0.3) is 5.56 Å². The van der Waals surface area contributed by atoms with Crippen molar-refractivity contribution in [1.82, 2.24) is 9.55 Å². The first-order chi connectivity index (χ1) is 14.8.